The van der Waals surface area contributed by atoms with Gasteiger partial charge in [-0.05, 0) is 18.6 Å². The summed E-state index contributed by atoms with van der Waals surface area (Å²) in [4.78, 5) is 22.9. The summed E-state index contributed by atoms with van der Waals surface area (Å²) in [6, 6.07) is 5.76. The molecule has 0 aromatic carbocycles. The standard InChI is InChI=1S/C14H15N5O/c1-2-5-11-12-13(14(20)17-9-16-12)18-19(11)8-10-6-3-4-7-15-10/h3-4,6-7,9H,2,5,8H2,1H3,(H,16,17,20). The van der Waals surface area contributed by atoms with Crippen molar-refractivity contribution in [2.45, 2.75) is 26.3 Å². The summed E-state index contributed by atoms with van der Waals surface area (Å²) < 4.78 is 1.83. The Bertz CT molecular complexity index is 775. The molecule has 0 aliphatic heterocycles. The van der Waals surface area contributed by atoms with Crippen LogP contribution < -0.4 is 5.56 Å². The van der Waals surface area contributed by atoms with E-state index in [1.807, 2.05) is 22.9 Å². The van der Waals surface area contributed by atoms with Crippen molar-refractivity contribution >= 4 is 11.0 Å². The molecule has 0 unspecified atom stereocenters. The van der Waals surface area contributed by atoms with Crippen molar-refractivity contribution < 1.29 is 0 Å². The lowest BCUT2D eigenvalue weighted by molar-refractivity contribution is 0.634. The Hall–Kier alpha value is -2.50. The normalized spacial score (nSPS) is 11.1. The highest BCUT2D eigenvalue weighted by Gasteiger charge is 2.14. The molecule has 1 N–H and O–H groups in total. The Morgan fingerprint density at radius 1 is 1.25 bits per heavy atom. The largest absolute Gasteiger partial charge is 0.311 e. The minimum absolute atomic E-state index is 0.202. The quantitative estimate of drug-likeness (QED) is 0.779. The molecule has 0 saturated carbocycles. The number of hydrogen-bond acceptors (Lipinski definition) is 4. The van der Waals surface area contributed by atoms with E-state index in [0.29, 0.717) is 17.6 Å². The zero-order valence-electron chi connectivity index (χ0n) is 11.2. The van der Waals surface area contributed by atoms with E-state index in [1.54, 1.807) is 6.20 Å². The summed E-state index contributed by atoms with van der Waals surface area (Å²) in [6.45, 7) is 2.64. The second-order valence-corrected chi connectivity index (χ2v) is 4.60. The third kappa shape index (κ3) is 2.20. The van der Waals surface area contributed by atoms with E-state index in [9.17, 15) is 4.79 Å². The molecule has 3 rings (SSSR count). The molecule has 0 fully saturated rings. The van der Waals surface area contributed by atoms with Gasteiger partial charge in [0.15, 0.2) is 5.52 Å². The van der Waals surface area contributed by atoms with E-state index in [1.165, 1.54) is 6.33 Å². The van der Waals surface area contributed by atoms with Gasteiger partial charge < -0.3 is 4.98 Å². The highest BCUT2D eigenvalue weighted by atomic mass is 16.1. The van der Waals surface area contributed by atoms with Crippen LogP contribution in [0.3, 0.4) is 0 Å². The van der Waals surface area contributed by atoms with Gasteiger partial charge in [-0.15, -0.1) is 0 Å². The third-order valence-electron chi connectivity index (χ3n) is 3.16. The maximum atomic E-state index is 11.8. The number of H-pyrrole nitrogens is 1. The lowest BCUT2D eigenvalue weighted by Crippen LogP contribution is -2.08. The van der Waals surface area contributed by atoms with Crippen molar-refractivity contribution in [3.8, 4) is 0 Å². The van der Waals surface area contributed by atoms with Crippen LogP contribution in [0.15, 0.2) is 35.5 Å². The molecular weight excluding hydrogens is 254 g/mol. The monoisotopic (exact) mass is 269 g/mol. The fourth-order valence-corrected chi connectivity index (χ4v) is 2.26. The molecule has 102 valence electrons. The summed E-state index contributed by atoms with van der Waals surface area (Å²) in [5, 5.41) is 4.40. The van der Waals surface area contributed by atoms with Gasteiger partial charge >= 0.3 is 0 Å². The molecule has 6 nitrogen and oxygen atoms in total. The van der Waals surface area contributed by atoms with E-state index in [-0.39, 0.29) is 5.56 Å². The van der Waals surface area contributed by atoms with Crippen LogP contribution in [-0.2, 0) is 13.0 Å². The van der Waals surface area contributed by atoms with E-state index in [4.69, 9.17) is 0 Å². The molecule has 0 aliphatic rings. The third-order valence-corrected chi connectivity index (χ3v) is 3.16. The van der Waals surface area contributed by atoms with Crippen molar-refractivity contribution in [1.82, 2.24) is 24.7 Å². The average molecular weight is 269 g/mol. The first-order valence-corrected chi connectivity index (χ1v) is 6.62. The Balaban J connectivity index is 2.12. The molecule has 6 heteroatoms. The van der Waals surface area contributed by atoms with Crippen molar-refractivity contribution in [3.05, 3.63) is 52.5 Å². The molecule has 3 heterocycles. The van der Waals surface area contributed by atoms with Crippen molar-refractivity contribution in [1.29, 1.82) is 0 Å². The summed E-state index contributed by atoms with van der Waals surface area (Å²) in [5.41, 5.74) is 2.78. The molecule has 0 spiro atoms. The van der Waals surface area contributed by atoms with Crippen LogP contribution in [0.1, 0.15) is 24.7 Å². The van der Waals surface area contributed by atoms with Crippen molar-refractivity contribution in [2.24, 2.45) is 0 Å². The smallest absolute Gasteiger partial charge is 0.279 e. The highest BCUT2D eigenvalue weighted by Crippen LogP contribution is 2.15. The topological polar surface area (TPSA) is 76.5 Å². The van der Waals surface area contributed by atoms with Crippen molar-refractivity contribution in [3.63, 3.8) is 0 Å². The van der Waals surface area contributed by atoms with Gasteiger partial charge in [-0.25, -0.2) is 4.98 Å². The first-order valence-electron chi connectivity index (χ1n) is 6.62. The molecule has 0 radical (unpaired) electrons. The lowest BCUT2D eigenvalue weighted by atomic mass is 10.2. The van der Waals surface area contributed by atoms with Crippen LogP contribution in [0.5, 0.6) is 0 Å². The Labute approximate surface area is 115 Å². The summed E-state index contributed by atoms with van der Waals surface area (Å²) >= 11 is 0. The van der Waals surface area contributed by atoms with Gasteiger partial charge in [0.1, 0.15) is 5.52 Å². The van der Waals surface area contributed by atoms with E-state index < -0.39 is 0 Å². The van der Waals surface area contributed by atoms with E-state index in [0.717, 1.165) is 24.2 Å². The second-order valence-electron chi connectivity index (χ2n) is 4.60. The molecule has 0 saturated heterocycles. The average Bonchev–Trinajstić information content (AvgIpc) is 2.80. The summed E-state index contributed by atoms with van der Waals surface area (Å²) in [7, 11) is 0. The predicted molar refractivity (Wildman–Crippen MR) is 75.5 cm³/mol. The Kier molecular flexibility index (Phi) is 3.28. The molecule has 0 atom stereocenters. The fraction of sp³-hybridized carbons (Fsp3) is 0.286. The highest BCUT2D eigenvalue weighted by molar-refractivity contribution is 5.75. The van der Waals surface area contributed by atoms with Crippen LogP contribution >= 0.6 is 0 Å². The van der Waals surface area contributed by atoms with Crippen molar-refractivity contribution in [2.75, 3.05) is 0 Å². The lowest BCUT2D eigenvalue weighted by Gasteiger charge is -2.05. The molecule has 0 amide bonds. The molecule has 3 aromatic heterocycles. The number of aromatic amines is 1. The number of aromatic nitrogens is 5. The zero-order valence-corrected chi connectivity index (χ0v) is 11.2. The van der Waals surface area contributed by atoms with Crippen LogP contribution in [0.2, 0.25) is 0 Å². The number of nitrogens with one attached hydrogen (secondary N) is 1. The summed E-state index contributed by atoms with van der Waals surface area (Å²) in [6.07, 6.45) is 4.98. The predicted octanol–water partition coefficient (Wildman–Crippen LogP) is 1.52. The van der Waals surface area contributed by atoms with Gasteiger partial charge in [0.25, 0.3) is 5.56 Å². The second kappa shape index (κ2) is 5.24. The number of rotatable bonds is 4. The number of nitrogens with zero attached hydrogens (tertiary/aromatic N) is 4. The molecule has 3 aromatic rings. The molecule has 20 heavy (non-hydrogen) atoms. The number of pyridine rings is 1. The molecular formula is C14H15N5O. The van der Waals surface area contributed by atoms with E-state index in [2.05, 4.69) is 27.0 Å². The Morgan fingerprint density at radius 3 is 2.90 bits per heavy atom. The first kappa shape index (κ1) is 12.5. The number of fused-ring (bicyclic) bond motifs is 1. The molecule has 0 aliphatic carbocycles. The van der Waals surface area contributed by atoms with Gasteiger partial charge in [-0.3, -0.25) is 14.5 Å². The number of aryl methyl sites for hydroxylation is 1. The van der Waals surface area contributed by atoms with Gasteiger partial charge in [-0.2, -0.15) is 5.10 Å². The fourth-order valence-electron chi connectivity index (χ4n) is 2.26. The number of hydrogen-bond donors (Lipinski definition) is 1. The zero-order chi connectivity index (χ0) is 13.9. The van der Waals surface area contributed by atoms with Gasteiger partial charge in [0.05, 0.1) is 24.3 Å². The minimum Gasteiger partial charge on any atom is -0.311 e. The summed E-state index contributed by atoms with van der Waals surface area (Å²) in [5.74, 6) is 0. The maximum Gasteiger partial charge on any atom is 0.279 e. The van der Waals surface area contributed by atoms with Crippen LogP contribution in [0.4, 0.5) is 0 Å². The Morgan fingerprint density at radius 2 is 2.15 bits per heavy atom. The van der Waals surface area contributed by atoms with Crippen LogP contribution in [0.25, 0.3) is 11.0 Å². The molecule has 0 bridgehead atoms. The van der Waals surface area contributed by atoms with Gasteiger partial charge in [0, 0.05) is 6.20 Å². The van der Waals surface area contributed by atoms with Gasteiger partial charge in [0.2, 0.25) is 0 Å². The van der Waals surface area contributed by atoms with E-state index >= 15 is 0 Å². The van der Waals surface area contributed by atoms with Crippen LogP contribution in [0, 0.1) is 0 Å². The van der Waals surface area contributed by atoms with Crippen LogP contribution in [-0.4, -0.2) is 24.7 Å². The first-order chi connectivity index (χ1) is 9.79. The minimum atomic E-state index is -0.202. The van der Waals surface area contributed by atoms with Gasteiger partial charge in [-0.1, -0.05) is 19.4 Å². The maximum absolute atomic E-state index is 11.8. The SMILES string of the molecule is CCCc1c2nc[nH]c(=O)c2nn1Cc1ccccn1.